The van der Waals surface area contributed by atoms with Gasteiger partial charge in [-0.2, -0.15) is 0 Å². The number of pyridine rings is 1. The predicted molar refractivity (Wildman–Crippen MR) is 92.3 cm³/mol. The fourth-order valence-electron chi connectivity index (χ4n) is 2.56. The summed E-state index contributed by atoms with van der Waals surface area (Å²) in [5.41, 5.74) is 3.13. The molecule has 2 aromatic heterocycles. The van der Waals surface area contributed by atoms with E-state index in [4.69, 9.17) is 11.6 Å². The van der Waals surface area contributed by atoms with E-state index in [-0.39, 0.29) is 12.3 Å². The lowest BCUT2D eigenvalue weighted by atomic mass is 10.1. The number of para-hydroxylation sites is 1. The number of fused-ring (bicyclic) bond motifs is 3. The quantitative estimate of drug-likeness (QED) is 0.749. The van der Waals surface area contributed by atoms with Gasteiger partial charge in [-0.3, -0.25) is 4.79 Å². The first-order chi connectivity index (χ1) is 11.7. The molecule has 2 N–H and O–H groups in total. The number of nitrogens with one attached hydrogen (secondary N) is 2. The van der Waals surface area contributed by atoms with E-state index >= 15 is 0 Å². The molecular formula is C17H12ClN5O. The number of hydrogen-bond acceptors (Lipinski definition) is 5. The number of anilines is 3. The first kappa shape index (κ1) is 14.6. The summed E-state index contributed by atoms with van der Waals surface area (Å²) in [6, 6.07) is 11.1. The van der Waals surface area contributed by atoms with Gasteiger partial charge >= 0.3 is 0 Å². The van der Waals surface area contributed by atoms with Gasteiger partial charge in [-0.1, -0.05) is 29.8 Å². The second-order valence-corrected chi connectivity index (χ2v) is 5.76. The lowest BCUT2D eigenvalue weighted by molar-refractivity contribution is -0.115. The summed E-state index contributed by atoms with van der Waals surface area (Å²) in [4.78, 5) is 25.0. The summed E-state index contributed by atoms with van der Waals surface area (Å²) in [7, 11) is 0. The Labute approximate surface area is 142 Å². The second-order valence-electron chi connectivity index (χ2n) is 5.32. The third-order valence-electron chi connectivity index (χ3n) is 3.64. The zero-order chi connectivity index (χ0) is 16.5. The molecule has 1 aromatic carbocycles. The minimum Gasteiger partial charge on any atom is -0.325 e. The molecule has 24 heavy (non-hydrogen) atoms. The van der Waals surface area contributed by atoms with Gasteiger partial charge in [0.25, 0.3) is 0 Å². The molecule has 1 amide bonds. The van der Waals surface area contributed by atoms with Crippen molar-refractivity contribution >= 4 is 35.0 Å². The number of benzene rings is 1. The van der Waals surface area contributed by atoms with Gasteiger partial charge in [0, 0.05) is 23.5 Å². The van der Waals surface area contributed by atoms with Crippen molar-refractivity contribution < 1.29 is 4.79 Å². The lowest BCUT2D eigenvalue weighted by Gasteiger charge is -2.10. The van der Waals surface area contributed by atoms with E-state index in [9.17, 15) is 4.79 Å². The molecule has 0 spiro atoms. The minimum absolute atomic E-state index is 0.0788. The molecule has 0 bridgehead atoms. The van der Waals surface area contributed by atoms with Gasteiger partial charge in [0.15, 0.2) is 0 Å². The average Bonchev–Trinajstić information content (AvgIpc) is 2.72. The zero-order valence-electron chi connectivity index (χ0n) is 12.5. The van der Waals surface area contributed by atoms with Crippen LogP contribution in [0.25, 0.3) is 11.3 Å². The summed E-state index contributed by atoms with van der Waals surface area (Å²) < 4.78 is 0. The van der Waals surface area contributed by atoms with Crippen LogP contribution in [0.5, 0.6) is 0 Å². The number of nitrogens with zero attached hydrogens (tertiary/aromatic N) is 3. The predicted octanol–water partition coefficient (Wildman–Crippen LogP) is 3.43. The normalized spacial score (nSPS) is 12.6. The summed E-state index contributed by atoms with van der Waals surface area (Å²) >= 11 is 5.84. The number of carbonyl (C=O) groups is 1. The molecule has 118 valence electrons. The van der Waals surface area contributed by atoms with Gasteiger partial charge in [-0.25, -0.2) is 15.0 Å². The number of amides is 1. The van der Waals surface area contributed by atoms with Crippen LogP contribution in [-0.4, -0.2) is 20.9 Å². The maximum absolute atomic E-state index is 12.0. The maximum Gasteiger partial charge on any atom is 0.228 e. The molecule has 0 fully saturated rings. The van der Waals surface area contributed by atoms with Crippen molar-refractivity contribution in [2.45, 2.75) is 6.42 Å². The molecule has 4 rings (SSSR count). The van der Waals surface area contributed by atoms with Crippen molar-refractivity contribution in [2.24, 2.45) is 0 Å². The first-order valence-electron chi connectivity index (χ1n) is 7.33. The molecular weight excluding hydrogens is 326 g/mol. The maximum atomic E-state index is 12.0. The van der Waals surface area contributed by atoms with Crippen LogP contribution in [0.2, 0.25) is 5.02 Å². The number of aromatic nitrogens is 3. The van der Waals surface area contributed by atoms with Crippen molar-refractivity contribution in [3.05, 3.63) is 59.4 Å². The number of halogens is 1. The van der Waals surface area contributed by atoms with Gasteiger partial charge < -0.3 is 10.6 Å². The highest BCUT2D eigenvalue weighted by Crippen LogP contribution is 2.32. The van der Waals surface area contributed by atoms with E-state index in [0.29, 0.717) is 16.8 Å². The molecule has 6 nitrogen and oxygen atoms in total. The standard InChI is InChI=1S/C17H12ClN5O/c18-11-5-6-14(19-9-11)22-17-20-8-10-7-15(24)21-13-4-2-1-3-12(13)16(10)23-17/h1-6,8-9H,7H2,(H,21,24)(H,19,20,22,23). The van der Waals surface area contributed by atoms with Crippen LogP contribution in [0.3, 0.4) is 0 Å². The Kier molecular flexibility index (Phi) is 3.59. The lowest BCUT2D eigenvalue weighted by Crippen LogP contribution is -2.12. The van der Waals surface area contributed by atoms with Crippen molar-refractivity contribution in [1.29, 1.82) is 0 Å². The minimum atomic E-state index is -0.0788. The van der Waals surface area contributed by atoms with E-state index in [1.165, 1.54) is 0 Å². The molecule has 7 heteroatoms. The topological polar surface area (TPSA) is 79.8 Å². The number of carbonyl (C=O) groups excluding carboxylic acids is 1. The third kappa shape index (κ3) is 2.79. The fourth-order valence-corrected chi connectivity index (χ4v) is 2.67. The smallest absolute Gasteiger partial charge is 0.228 e. The Hall–Kier alpha value is -2.99. The van der Waals surface area contributed by atoms with Crippen LogP contribution in [0, 0.1) is 0 Å². The highest BCUT2D eigenvalue weighted by Gasteiger charge is 2.20. The summed E-state index contributed by atoms with van der Waals surface area (Å²) in [5.74, 6) is 0.924. The average molecular weight is 338 g/mol. The number of rotatable bonds is 2. The van der Waals surface area contributed by atoms with Gasteiger partial charge in [0.1, 0.15) is 5.82 Å². The summed E-state index contributed by atoms with van der Waals surface area (Å²) in [6.07, 6.45) is 3.46. The molecule has 0 saturated heterocycles. The van der Waals surface area contributed by atoms with Crippen LogP contribution in [0.15, 0.2) is 48.8 Å². The van der Waals surface area contributed by atoms with Gasteiger partial charge in [-0.15, -0.1) is 0 Å². The van der Waals surface area contributed by atoms with Crippen LogP contribution in [0.1, 0.15) is 5.56 Å². The van der Waals surface area contributed by atoms with Crippen LogP contribution < -0.4 is 10.6 Å². The van der Waals surface area contributed by atoms with E-state index in [1.54, 1.807) is 24.5 Å². The third-order valence-corrected chi connectivity index (χ3v) is 3.86. The van der Waals surface area contributed by atoms with Crippen molar-refractivity contribution in [3.8, 4) is 11.3 Å². The number of hydrogen-bond donors (Lipinski definition) is 2. The Morgan fingerprint density at radius 1 is 1.08 bits per heavy atom. The zero-order valence-corrected chi connectivity index (χ0v) is 13.2. The molecule has 0 radical (unpaired) electrons. The van der Waals surface area contributed by atoms with Gasteiger partial charge in [0.05, 0.1) is 22.8 Å². The molecule has 1 aliphatic heterocycles. The first-order valence-corrected chi connectivity index (χ1v) is 7.70. The highest BCUT2D eigenvalue weighted by molar-refractivity contribution is 6.30. The molecule has 3 aromatic rings. The largest absolute Gasteiger partial charge is 0.325 e. The van der Waals surface area contributed by atoms with Gasteiger partial charge in [0.2, 0.25) is 11.9 Å². The molecule has 0 unspecified atom stereocenters. The molecule has 0 aliphatic carbocycles. The summed E-state index contributed by atoms with van der Waals surface area (Å²) in [6.45, 7) is 0. The van der Waals surface area contributed by atoms with Gasteiger partial charge in [-0.05, 0) is 18.2 Å². The van der Waals surface area contributed by atoms with Crippen molar-refractivity contribution in [3.63, 3.8) is 0 Å². The van der Waals surface area contributed by atoms with Crippen LogP contribution in [0.4, 0.5) is 17.5 Å². The SMILES string of the molecule is O=C1Cc2cnc(Nc3ccc(Cl)cn3)nc2-c2ccccc2N1. The van der Waals surface area contributed by atoms with Crippen LogP contribution in [-0.2, 0) is 11.2 Å². The monoisotopic (exact) mass is 337 g/mol. The van der Waals surface area contributed by atoms with E-state index < -0.39 is 0 Å². The summed E-state index contributed by atoms with van der Waals surface area (Å²) in [5, 5.41) is 6.49. The van der Waals surface area contributed by atoms with Crippen LogP contribution >= 0.6 is 11.6 Å². The Bertz CT molecular complexity index is 927. The molecule has 1 aliphatic rings. The Morgan fingerprint density at radius 3 is 2.79 bits per heavy atom. The van der Waals surface area contributed by atoms with Crippen molar-refractivity contribution in [2.75, 3.05) is 10.6 Å². The second kappa shape index (κ2) is 5.90. The Morgan fingerprint density at radius 2 is 1.96 bits per heavy atom. The molecule has 0 atom stereocenters. The highest BCUT2D eigenvalue weighted by atomic mass is 35.5. The van der Waals surface area contributed by atoms with E-state index in [0.717, 1.165) is 22.5 Å². The molecule has 0 saturated carbocycles. The van der Waals surface area contributed by atoms with E-state index in [1.807, 2.05) is 24.3 Å². The fraction of sp³-hybridized carbons (Fsp3) is 0.0588. The van der Waals surface area contributed by atoms with Crippen molar-refractivity contribution in [1.82, 2.24) is 15.0 Å². The van der Waals surface area contributed by atoms with E-state index in [2.05, 4.69) is 25.6 Å². The molecule has 3 heterocycles. The Balaban J connectivity index is 1.76.